The minimum Gasteiger partial charge on any atom is -0.495 e. The summed E-state index contributed by atoms with van der Waals surface area (Å²) < 4.78 is 5.05. The number of benzene rings is 2. The summed E-state index contributed by atoms with van der Waals surface area (Å²) in [6.07, 6.45) is 1.55. The van der Waals surface area contributed by atoms with Crippen molar-refractivity contribution < 1.29 is 9.66 Å². The van der Waals surface area contributed by atoms with E-state index < -0.39 is 4.92 Å². The fourth-order valence-electron chi connectivity index (χ4n) is 1.60. The van der Waals surface area contributed by atoms with Crippen molar-refractivity contribution in [2.45, 2.75) is 0 Å². The zero-order valence-electron chi connectivity index (χ0n) is 10.6. The Kier molecular flexibility index (Phi) is 4.32. The van der Waals surface area contributed by atoms with Crippen molar-refractivity contribution in [1.29, 1.82) is 0 Å². The van der Waals surface area contributed by atoms with E-state index in [9.17, 15) is 10.1 Å². The van der Waals surface area contributed by atoms with Gasteiger partial charge in [-0.1, -0.05) is 23.7 Å². The largest absolute Gasteiger partial charge is 0.495 e. The number of nitro benzene ring substituents is 1. The summed E-state index contributed by atoms with van der Waals surface area (Å²) in [4.78, 5) is 14.5. The molecule has 102 valence electrons. The average molecular weight is 291 g/mol. The standard InChI is InChI=1S/C14H11ClN2O3/c1-20-14-6-5-11(8-13(14)15)16-9-10-3-2-4-12(7-10)17(18)19/h2-9H,1H3. The first-order valence-electron chi connectivity index (χ1n) is 5.72. The Morgan fingerprint density at radius 2 is 2.10 bits per heavy atom. The Morgan fingerprint density at radius 1 is 1.30 bits per heavy atom. The molecule has 0 spiro atoms. The van der Waals surface area contributed by atoms with Crippen LogP contribution in [0.4, 0.5) is 11.4 Å². The van der Waals surface area contributed by atoms with E-state index in [2.05, 4.69) is 4.99 Å². The molecule has 0 aromatic heterocycles. The fourth-order valence-corrected chi connectivity index (χ4v) is 1.86. The second-order valence-corrected chi connectivity index (χ2v) is 4.34. The SMILES string of the molecule is COc1ccc(N=Cc2cccc([N+](=O)[O-])c2)cc1Cl. The number of nitro groups is 1. The van der Waals surface area contributed by atoms with Crippen LogP contribution in [0.2, 0.25) is 5.02 Å². The number of hydrogen-bond acceptors (Lipinski definition) is 4. The maximum atomic E-state index is 10.7. The third-order valence-electron chi connectivity index (χ3n) is 2.58. The predicted octanol–water partition coefficient (Wildman–Crippen LogP) is 4.01. The summed E-state index contributed by atoms with van der Waals surface area (Å²) in [7, 11) is 1.53. The van der Waals surface area contributed by atoms with Crippen LogP contribution in [0.1, 0.15) is 5.56 Å². The molecule has 0 saturated carbocycles. The zero-order chi connectivity index (χ0) is 14.5. The molecule has 2 aromatic carbocycles. The van der Waals surface area contributed by atoms with Gasteiger partial charge in [0.1, 0.15) is 5.75 Å². The van der Waals surface area contributed by atoms with Crippen LogP contribution in [0, 0.1) is 10.1 Å². The van der Waals surface area contributed by atoms with Gasteiger partial charge in [0.2, 0.25) is 0 Å². The monoisotopic (exact) mass is 290 g/mol. The number of non-ortho nitro benzene ring substituents is 1. The van der Waals surface area contributed by atoms with Crippen LogP contribution in [0.25, 0.3) is 0 Å². The maximum Gasteiger partial charge on any atom is 0.270 e. The molecule has 0 amide bonds. The second kappa shape index (κ2) is 6.16. The highest BCUT2D eigenvalue weighted by atomic mass is 35.5. The van der Waals surface area contributed by atoms with Gasteiger partial charge in [-0.25, -0.2) is 0 Å². The minimum atomic E-state index is -0.443. The van der Waals surface area contributed by atoms with E-state index in [1.54, 1.807) is 36.5 Å². The molecule has 0 aliphatic carbocycles. The van der Waals surface area contributed by atoms with Gasteiger partial charge in [-0.3, -0.25) is 15.1 Å². The summed E-state index contributed by atoms with van der Waals surface area (Å²) >= 11 is 5.99. The Morgan fingerprint density at radius 3 is 2.75 bits per heavy atom. The molecule has 0 heterocycles. The zero-order valence-corrected chi connectivity index (χ0v) is 11.4. The lowest BCUT2D eigenvalue weighted by Crippen LogP contribution is -1.89. The van der Waals surface area contributed by atoms with Gasteiger partial charge in [0.15, 0.2) is 0 Å². The molecule has 0 radical (unpaired) electrons. The van der Waals surface area contributed by atoms with E-state index in [-0.39, 0.29) is 5.69 Å². The molecule has 0 atom stereocenters. The summed E-state index contributed by atoms with van der Waals surface area (Å²) in [5.74, 6) is 0.570. The fraction of sp³-hybridized carbons (Fsp3) is 0.0714. The third-order valence-corrected chi connectivity index (χ3v) is 2.87. The van der Waals surface area contributed by atoms with Gasteiger partial charge in [0, 0.05) is 18.3 Å². The van der Waals surface area contributed by atoms with E-state index >= 15 is 0 Å². The van der Waals surface area contributed by atoms with Crippen molar-refractivity contribution in [2.24, 2.45) is 4.99 Å². The first kappa shape index (κ1) is 14.0. The lowest BCUT2D eigenvalue weighted by atomic mass is 10.2. The van der Waals surface area contributed by atoms with Crippen LogP contribution in [-0.4, -0.2) is 18.2 Å². The van der Waals surface area contributed by atoms with Crippen LogP contribution in [0.3, 0.4) is 0 Å². The molecule has 0 N–H and O–H groups in total. The number of nitrogens with zero attached hydrogens (tertiary/aromatic N) is 2. The second-order valence-electron chi connectivity index (χ2n) is 3.93. The highest BCUT2D eigenvalue weighted by Crippen LogP contribution is 2.28. The molecule has 0 bridgehead atoms. The van der Waals surface area contributed by atoms with Crippen molar-refractivity contribution in [3.63, 3.8) is 0 Å². The maximum absolute atomic E-state index is 10.7. The van der Waals surface area contributed by atoms with E-state index in [0.717, 1.165) is 0 Å². The minimum absolute atomic E-state index is 0.0294. The van der Waals surface area contributed by atoms with Gasteiger partial charge >= 0.3 is 0 Å². The summed E-state index contributed by atoms with van der Waals surface area (Å²) in [6.45, 7) is 0. The predicted molar refractivity (Wildman–Crippen MR) is 78.4 cm³/mol. The summed E-state index contributed by atoms with van der Waals surface area (Å²) in [6, 6.07) is 11.4. The van der Waals surface area contributed by atoms with Crippen molar-refractivity contribution in [2.75, 3.05) is 7.11 Å². The first-order chi connectivity index (χ1) is 9.60. The Balaban J connectivity index is 2.23. The number of ether oxygens (including phenoxy) is 1. The van der Waals surface area contributed by atoms with E-state index in [0.29, 0.717) is 22.0 Å². The van der Waals surface area contributed by atoms with Gasteiger partial charge in [0.05, 0.1) is 22.7 Å². The molecule has 2 aromatic rings. The number of aliphatic imine (C=N–C) groups is 1. The Hall–Kier alpha value is -2.40. The van der Waals surface area contributed by atoms with E-state index in [4.69, 9.17) is 16.3 Å². The normalized spacial score (nSPS) is 10.7. The molecule has 0 fully saturated rings. The van der Waals surface area contributed by atoms with Crippen molar-refractivity contribution in [3.8, 4) is 5.75 Å². The Labute approximate surface area is 120 Å². The van der Waals surface area contributed by atoms with E-state index in [1.807, 2.05) is 0 Å². The first-order valence-corrected chi connectivity index (χ1v) is 6.10. The Bertz CT molecular complexity index is 671. The summed E-state index contributed by atoms with van der Waals surface area (Å²) in [5.41, 5.74) is 1.31. The van der Waals surface area contributed by atoms with Crippen LogP contribution < -0.4 is 4.74 Å². The summed E-state index contributed by atoms with van der Waals surface area (Å²) in [5, 5.41) is 11.1. The molecule has 0 aliphatic heterocycles. The molecule has 20 heavy (non-hydrogen) atoms. The molecule has 5 nitrogen and oxygen atoms in total. The van der Waals surface area contributed by atoms with Crippen LogP contribution in [0.5, 0.6) is 5.75 Å². The van der Waals surface area contributed by atoms with Gasteiger partial charge < -0.3 is 4.74 Å². The smallest absolute Gasteiger partial charge is 0.270 e. The van der Waals surface area contributed by atoms with Gasteiger partial charge in [0.25, 0.3) is 5.69 Å². The highest BCUT2D eigenvalue weighted by Gasteiger charge is 2.04. The van der Waals surface area contributed by atoms with Gasteiger partial charge in [-0.2, -0.15) is 0 Å². The molecular formula is C14H11ClN2O3. The van der Waals surface area contributed by atoms with Crippen molar-refractivity contribution >= 4 is 29.2 Å². The molecule has 0 unspecified atom stereocenters. The number of rotatable bonds is 4. The van der Waals surface area contributed by atoms with Gasteiger partial charge in [-0.15, -0.1) is 0 Å². The lowest BCUT2D eigenvalue weighted by molar-refractivity contribution is -0.384. The van der Waals surface area contributed by atoms with Crippen LogP contribution >= 0.6 is 11.6 Å². The number of methoxy groups -OCH3 is 1. The molecular weight excluding hydrogens is 280 g/mol. The van der Waals surface area contributed by atoms with Crippen LogP contribution in [0.15, 0.2) is 47.5 Å². The number of hydrogen-bond donors (Lipinski definition) is 0. The quantitative estimate of drug-likeness (QED) is 0.485. The molecule has 0 aliphatic rings. The van der Waals surface area contributed by atoms with Crippen molar-refractivity contribution in [3.05, 3.63) is 63.2 Å². The lowest BCUT2D eigenvalue weighted by Gasteiger charge is -2.02. The molecule has 2 rings (SSSR count). The van der Waals surface area contributed by atoms with E-state index in [1.165, 1.54) is 19.2 Å². The molecule has 0 saturated heterocycles. The third kappa shape index (κ3) is 3.33. The van der Waals surface area contributed by atoms with Gasteiger partial charge in [-0.05, 0) is 23.8 Å². The van der Waals surface area contributed by atoms with Crippen molar-refractivity contribution in [1.82, 2.24) is 0 Å². The van der Waals surface area contributed by atoms with Crippen LogP contribution in [-0.2, 0) is 0 Å². The highest BCUT2D eigenvalue weighted by molar-refractivity contribution is 6.32. The topological polar surface area (TPSA) is 64.7 Å². The number of halogens is 1. The average Bonchev–Trinajstić information content (AvgIpc) is 2.45. The molecule has 6 heteroatoms.